The zero-order chi connectivity index (χ0) is 10.9. The molecule has 0 aromatic carbocycles. The summed E-state index contributed by atoms with van der Waals surface area (Å²) in [6.07, 6.45) is 3.55. The van der Waals surface area contributed by atoms with Crippen LogP contribution < -0.4 is 0 Å². The molecule has 5 heteroatoms. The van der Waals surface area contributed by atoms with Crippen LogP contribution in [-0.2, 0) is 14.4 Å². The highest BCUT2D eigenvalue weighted by molar-refractivity contribution is 5.95. The molecule has 0 saturated heterocycles. The van der Waals surface area contributed by atoms with E-state index >= 15 is 0 Å². The van der Waals surface area contributed by atoms with Gasteiger partial charge >= 0.3 is 11.8 Å². The van der Waals surface area contributed by atoms with E-state index in [-0.39, 0.29) is 12.5 Å². The van der Waals surface area contributed by atoms with Crippen molar-refractivity contribution in [3.8, 4) is 0 Å². The molecule has 1 aliphatic heterocycles. The van der Waals surface area contributed by atoms with Crippen molar-refractivity contribution in [2.24, 2.45) is 11.1 Å². The summed E-state index contributed by atoms with van der Waals surface area (Å²) in [6, 6.07) is 0. The quantitative estimate of drug-likeness (QED) is 0.689. The fraction of sp³-hybridized carbons (Fsp3) is 0.800. The molecule has 2 aliphatic rings. The largest absolute Gasteiger partial charge is 0.461 e. The maximum atomic E-state index is 11.6. The van der Waals surface area contributed by atoms with Gasteiger partial charge in [0.15, 0.2) is 0 Å². The first kappa shape index (κ1) is 10.4. The molecule has 0 amide bonds. The van der Waals surface area contributed by atoms with Gasteiger partial charge in [0.25, 0.3) is 0 Å². The Hall–Kier alpha value is -1.10. The summed E-state index contributed by atoms with van der Waals surface area (Å²) < 4.78 is 4.79. The second-order valence-corrected chi connectivity index (χ2v) is 3.89. The topological polar surface area (TPSA) is 68.1 Å². The Morgan fingerprint density at radius 2 is 2.53 bits per heavy atom. The number of hydrogen-bond donors (Lipinski definition) is 1. The summed E-state index contributed by atoms with van der Waals surface area (Å²) in [4.78, 5) is 16.4. The summed E-state index contributed by atoms with van der Waals surface area (Å²) in [7, 11) is 0. The maximum Gasteiger partial charge on any atom is 0.382 e. The molecule has 1 saturated carbocycles. The van der Waals surface area contributed by atoms with E-state index in [2.05, 4.69) is 5.16 Å². The van der Waals surface area contributed by atoms with Crippen LogP contribution in [0.1, 0.15) is 32.6 Å². The lowest BCUT2D eigenvalue weighted by Gasteiger charge is -2.27. The van der Waals surface area contributed by atoms with Crippen molar-refractivity contribution in [3.63, 3.8) is 0 Å². The van der Waals surface area contributed by atoms with Crippen LogP contribution in [0, 0.1) is 5.92 Å². The van der Waals surface area contributed by atoms with Crippen molar-refractivity contribution < 1.29 is 19.5 Å². The van der Waals surface area contributed by atoms with Gasteiger partial charge in [0, 0.05) is 0 Å². The smallest absolute Gasteiger partial charge is 0.382 e. The molecule has 2 rings (SSSR count). The normalized spacial score (nSPS) is 34.0. The minimum Gasteiger partial charge on any atom is -0.461 e. The number of aliphatic hydroxyl groups is 1. The van der Waals surface area contributed by atoms with E-state index in [9.17, 15) is 9.90 Å². The van der Waals surface area contributed by atoms with Gasteiger partial charge in [-0.05, 0) is 26.2 Å². The molecule has 0 bridgehead atoms. The van der Waals surface area contributed by atoms with Crippen molar-refractivity contribution in [1.29, 1.82) is 0 Å². The summed E-state index contributed by atoms with van der Waals surface area (Å²) in [6.45, 7) is 1.92. The van der Waals surface area contributed by atoms with Crippen molar-refractivity contribution in [2.45, 2.75) is 38.4 Å². The van der Waals surface area contributed by atoms with E-state index in [4.69, 9.17) is 9.57 Å². The highest BCUT2D eigenvalue weighted by Gasteiger charge is 2.55. The summed E-state index contributed by atoms with van der Waals surface area (Å²) in [5, 5.41) is 13.9. The van der Waals surface area contributed by atoms with E-state index in [1.807, 2.05) is 0 Å². The molecule has 15 heavy (non-hydrogen) atoms. The fourth-order valence-electron chi connectivity index (χ4n) is 2.13. The SMILES string of the molecule is CCOC(=O)C1(O)ON=C2CCCCC21. The van der Waals surface area contributed by atoms with E-state index in [0.29, 0.717) is 0 Å². The lowest BCUT2D eigenvalue weighted by atomic mass is 9.82. The number of rotatable bonds is 2. The predicted molar refractivity (Wildman–Crippen MR) is 52.1 cm³/mol. The first-order valence-electron chi connectivity index (χ1n) is 5.33. The summed E-state index contributed by atoms with van der Waals surface area (Å²) in [5.41, 5.74) is 0.789. The van der Waals surface area contributed by atoms with Gasteiger partial charge in [0.2, 0.25) is 0 Å². The molecule has 1 fully saturated rings. The maximum absolute atomic E-state index is 11.6. The van der Waals surface area contributed by atoms with E-state index in [0.717, 1.165) is 31.4 Å². The Bertz CT molecular complexity index is 302. The number of nitrogens with zero attached hydrogens (tertiary/aromatic N) is 1. The molecule has 84 valence electrons. The van der Waals surface area contributed by atoms with Crippen molar-refractivity contribution in [1.82, 2.24) is 0 Å². The first-order chi connectivity index (χ1) is 7.18. The molecule has 2 atom stereocenters. The molecular formula is C10H15NO4. The lowest BCUT2D eigenvalue weighted by molar-refractivity contribution is -0.231. The van der Waals surface area contributed by atoms with Crippen LogP contribution in [0.4, 0.5) is 0 Å². The molecular weight excluding hydrogens is 198 g/mol. The van der Waals surface area contributed by atoms with Gasteiger partial charge in [-0.25, -0.2) is 4.79 Å². The highest BCUT2D eigenvalue weighted by Crippen LogP contribution is 2.37. The van der Waals surface area contributed by atoms with Crippen LogP contribution in [0.15, 0.2) is 5.16 Å². The minimum atomic E-state index is -1.87. The Morgan fingerprint density at radius 3 is 3.27 bits per heavy atom. The van der Waals surface area contributed by atoms with Crippen LogP contribution in [-0.4, -0.2) is 29.2 Å². The Kier molecular flexibility index (Phi) is 2.65. The van der Waals surface area contributed by atoms with Crippen LogP contribution in [0.3, 0.4) is 0 Å². The third-order valence-electron chi connectivity index (χ3n) is 2.92. The van der Waals surface area contributed by atoms with Crippen molar-refractivity contribution in [2.75, 3.05) is 6.61 Å². The Labute approximate surface area is 88.0 Å². The second-order valence-electron chi connectivity index (χ2n) is 3.89. The average molecular weight is 213 g/mol. The van der Waals surface area contributed by atoms with Gasteiger partial charge in [-0.2, -0.15) is 0 Å². The van der Waals surface area contributed by atoms with Crippen LogP contribution >= 0.6 is 0 Å². The Balaban J connectivity index is 2.14. The molecule has 0 spiro atoms. The summed E-state index contributed by atoms with van der Waals surface area (Å²) in [5.74, 6) is -2.91. The van der Waals surface area contributed by atoms with Gasteiger partial charge in [-0.15, -0.1) is 0 Å². The molecule has 0 aromatic heterocycles. The number of hydrogen-bond acceptors (Lipinski definition) is 5. The molecule has 1 heterocycles. The van der Waals surface area contributed by atoms with Gasteiger partial charge in [-0.3, -0.25) is 0 Å². The van der Waals surface area contributed by atoms with Crippen LogP contribution in [0.5, 0.6) is 0 Å². The highest BCUT2D eigenvalue weighted by atomic mass is 16.8. The van der Waals surface area contributed by atoms with Crippen molar-refractivity contribution >= 4 is 11.7 Å². The average Bonchev–Trinajstić information content (AvgIpc) is 2.59. The monoisotopic (exact) mass is 213 g/mol. The lowest BCUT2D eigenvalue weighted by Crippen LogP contribution is -2.48. The van der Waals surface area contributed by atoms with E-state index in [1.165, 1.54) is 0 Å². The molecule has 1 aliphatic carbocycles. The second kappa shape index (κ2) is 3.81. The Morgan fingerprint density at radius 1 is 1.73 bits per heavy atom. The van der Waals surface area contributed by atoms with Gasteiger partial charge < -0.3 is 14.7 Å². The molecule has 1 N–H and O–H groups in total. The molecule has 0 radical (unpaired) electrons. The van der Waals surface area contributed by atoms with E-state index < -0.39 is 11.8 Å². The number of ether oxygens (including phenoxy) is 1. The minimum absolute atomic E-state index is 0.229. The third-order valence-corrected chi connectivity index (χ3v) is 2.92. The van der Waals surface area contributed by atoms with E-state index in [1.54, 1.807) is 6.92 Å². The van der Waals surface area contributed by atoms with Gasteiger partial charge in [-0.1, -0.05) is 11.6 Å². The predicted octanol–water partition coefficient (Wildman–Crippen LogP) is 0.814. The zero-order valence-electron chi connectivity index (χ0n) is 8.73. The molecule has 5 nitrogen and oxygen atoms in total. The standard InChI is InChI=1S/C10H15NO4/c1-2-14-9(12)10(13)7-5-3-4-6-8(7)11-15-10/h7,13H,2-6H2,1H3. The number of fused-ring (bicyclic) bond motifs is 1. The summed E-state index contributed by atoms with van der Waals surface area (Å²) >= 11 is 0. The van der Waals surface area contributed by atoms with Gasteiger partial charge in [0.05, 0.1) is 18.2 Å². The number of carbonyl (C=O) groups excluding carboxylic acids is 1. The fourth-order valence-corrected chi connectivity index (χ4v) is 2.13. The van der Waals surface area contributed by atoms with Crippen LogP contribution in [0.2, 0.25) is 0 Å². The van der Waals surface area contributed by atoms with Crippen molar-refractivity contribution in [3.05, 3.63) is 0 Å². The number of carbonyl (C=O) groups is 1. The third kappa shape index (κ3) is 1.61. The molecule has 2 unspecified atom stereocenters. The zero-order valence-corrected chi connectivity index (χ0v) is 8.73. The van der Waals surface area contributed by atoms with Crippen LogP contribution in [0.25, 0.3) is 0 Å². The number of esters is 1. The van der Waals surface area contributed by atoms with Gasteiger partial charge in [0.1, 0.15) is 0 Å². The first-order valence-corrected chi connectivity index (χ1v) is 5.33. The molecule has 0 aromatic rings. The number of oxime groups is 1.